The van der Waals surface area contributed by atoms with E-state index in [9.17, 15) is 9.59 Å². The summed E-state index contributed by atoms with van der Waals surface area (Å²) in [6, 6.07) is 1.77. The third-order valence-corrected chi connectivity index (χ3v) is 5.02. The average molecular weight is 299 g/mol. The van der Waals surface area contributed by atoms with Crippen LogP contribution < -0.4 is 5.32 Å². The Hall–Kier alpha value is -1.01. The van der Waals surface area contributed by atoms with Crippen molar-refractivity contribution in [2.24, 2.45) is 5.92 Å². The number of esters is 1. The van der Waals surface area contributed by atoms with Crippen LogP contribution in [-0.4, -0.2) is 30.0 Å². The molecule has 1 unspecified atom stereocenters. The minimum absolute atomic E-state index is 0.0115. The van der Waals surface area contributed by atoms with Crippen LogP contribution in [0.2, 0.25) is 0 Å². The topological polar surface area (TPSA) is 55.4 Å². The summed E-state index contributed by atoms with van der Waals surface area (Å²) < 4.78 is 5.00. The fraction of sp³-hybridized carbons (Fsp3) is 0.538. The second-order valence-corrected chi connectivity index (χ2v) is 6.78. The van der Waals surface area contributed by atoms with Gasteiger partial charge in [0.15, 0.2) is 0 Å². The lowest BCUT2D eigenvalue weighted by molar-refractivity contribution is -0.119. The number of thioether (sulfide) groups is 1. The first-order valence-corrected chi connectivity index (χ1v) is 8.25. The van der Waals surface area contributed by atoms with Crippen molar-refractivity contribution in [3.05, 3.63) is 16.5 Å². The number of hydrogen-bond donors (Lipinski definition) is 1. The van der Waals surface area contributed by atoms with Gasteiger partial charge >= 0.3 is 5.97 Å². The van der Waals surface area contributed by atoms with Crippen molar-refractivity contribution >= 4 is 40.0 Å². The Morgan fingerprint density at radius 1 is 1.53 bits per heavy atom. The Bertz CT molecular complexity index is 478. The lowest BCUT2D eigenvalue weighted by atomic mass is 10.1. The van der Waals surface area contributed by atoms with Gasteiger partial charge in [-0.25, -0.2) is 4.79 Å². The number of amides is 1. The highest BCUT2D eigenvalue weighted by atomic mass is 32.2. The molecule has 1 aromatic heterocycles. The van der Waals surface area contributed by atoms with Crippen LogP contribution in [-0.2, 0) is 9.53 Å². The van der Waals surface area contributed by atoms with Gasteiger partial charge < -0.3 is 10.1 Å². The molecule has 2 rings (SSSR count). The maximum absolute atomic E-state index is 12.1. The minimum Gasteiger partial charge on any atom is -0.462 e. The molecular formula is C13H17NO3S2. The van der Waals surface area contributed by atoms with Gasteiger partial charge in [-0.15, -0.1) is 11.3 Å². The molecule has 104 valence electrons. The van der Waals surface area contributed by atoms with Gasteiger partial charge in [-0.1, -0.05) is 0 Å². The number of hydrogen-bond acceptors (Lipinski definition) is 5. The monoisotopic (exact) mass is 299 g/mol. The zero-order valence-corrected chi connectivity index (χ0v) is 12.7. The average Bonchev–Trinajstić information content (AvgIpc) is 2.98. The van der Waals surface area contributed by atoms with Crippen molar-refractivity contribution in [1.29, 1.82) is 0 Å². The Kier molecular flexibility index (Phi) is 4.87. The molecule has 0 aliphatic carbocycles. The molecule has 1 aromatic rings. The van der Waals surface area contributed by atoms with Crippen LogP contribution in [0.15, 0.2) is 6.07 Å². The van der Waals surface area contributed by atoms with E-state index in [4.69, 9.17) is 4.74 Å². The number of anilines is 1. The number of carbonyl (C=O) groups excluding carboxylic acids is 2. The van der Waals surface area contributed by atoms with Gasteiger partial charge in [-0.3, -0.25) is 4.79 Å². The maximum atomic E-state index is 12.1. The second kappa shape index (κ2) is 6.43. The van der Waals surface area contributed by atoms with Gasteiger partial charge in [0.1, 0.15) is 5.00 Å². The molecule has 0 bridgehead atoms. The van der Waals surface area contributed by atoms with E-state index >= 15 is 0 Å². The molecule has 0 saturated carbocycles. The van der Waals surface area contributed by atoms with Crippen LogP contribution in [0.5, 0.6) is 0 Å². The summed E-state index contributed by atoms with van der Waals surface area (Å²) in [5.41, 5.74) is 0.461. The molecule has 0 spiro atoms. The Morgan fingerprint density at radius 2 is 2.32 bits per heavy atom. The third-order valence-electron chi connectivity index (χ3n) is 2.89. The molecule has 0 aromatic carbocycles. The first kappa shape index (κ1) is 14.4. The van der Waals surface area contributed by atoms with Crippen molar-refractivity contribution in [3.63, 3.8) is 0 Å². The van der Waals surface area contributed by atoms with Crippen LogP contribution in [0.25, 0.3) is 0 Å². The number of thiophene rings is 1. The van der Waals surface area contributed by atoms with Crippen molar-refractivity contribution in [2.45, 2.75) is 20.3 Å². The van der Waals surface area contributed by atoms with Crippen LogP contribution in [0.4, 0.5) is 5.00 Å². The van der Waals surface area contributed by atoms with Crippen LogP contribution in [0.1, 0.15) is 28.6 Å². The van der Waals surface area contributed by atoms with E-state index in [1.165, 1.54) is 11.3 Å². The molecule has 0 radical (unpaired) electrons. The van der Waals surface area contributed by atoms with E-state index in [1.807, 2.05) is 6.92 Å². The van der Waals surface area contributed by atoms with Gasteiger partial charge in [0.05, 0.1) is 12.2 Å². The number of rotatable bonds is 4. The third kappa shape index (κ3) is 3.51. The van der Waals surface area contributed by atoms with Gasteiger partial charge in [-0.05, 0) is 32.1 Å². The molecule has 1 aliphatic heterocycles. The number of aryl methyl sites for hydroxylation is 1. The van der Waals surface area contributed by atoms with E-state index < -0.39 is 0 Å². The van der Waals surface area contributed by atoms with Crippen LogP contribution in [0.3, 0.4) is 0 Å². The summed E-state index contributed by atoms with van der Waals surface area (Å²) in [6.07, 6.45) is 0.912. The first-order chi connectivity index (χ1) is 9.11. The molecular weight excluding hydrogens is 282 g/mol. The van der Waals surface area contributed by atoms with Crippen LogP contribution in [0, 0.1) is 12.8 Å². The summed E-state index contributed by atoms with van der Waals surface area (Å²) in [5.74, 6) is 1.60. The minimum atomic E-state index is -0.372. The predicted octanol–water partition coefficient (Wildman–Crippen LogP) is 2.92. The highest BCUT2D eigenvalue weighted by Gasteiger charge is 2.25. The summed E-state index contributed by atoms with van der Waals surface area (Å²) in [4.78, 5) is 24.9. The second-order valence-electron chi connectivity index (χ2n) is 4.37. The lowest BCUT2D eigenvalue weighted by Gasteiger charge is -2.09. The molecule has 1 amide bonds. The number of nitrogens with one attached hydrogen (secondary N) is 1. The quantitative estimate of drug-likeness (QED) is 0.869. The molecule has 19 heavy (non-hydrogen) atoms. The van der Waals surface area contributed by atoms with E-state index in [2.05, 4.69) is 5.32 Å². The van der Waals surface area contributed by atoms with Gasteiger partial charge in [0.25, 0.3) is 0 Å². The summed E-state index contributed by atoms with van der Waals surface area (Å²) >= 11 is 3.21. The van der Waals surface area contributed by atoms with E-state index in [0.29, 0.717) is 17.2 Å². The summed E-state index contributed by atoms with van der Waals surface area (Å²) in [6.45, 7) is 4.01. The Balaban J connectivity index is 2.10. The van der Waals surface area contributed by atoms with Gasteiger partial charge in [-0.2, -0.15) is 11.8 Å². The largest absolute Gasteiger partial charge is 0.462 e. The summed E-state index contributed by atoms with van der Waals surface area (Å²) in [5, 5.41) is 3.49. The van der Waals surface area contributed by atoms with E-state index in [-0.39, 0.29) is 17.8 Å². The van der Waals surface area contributed by atoms with Gasteiger partial charge in [0.2, 0.25) is 5.91 Å². The smallest absolute Gasteiger partial charge is 0.341 e. The Labute approximate surface area is 120 Å². The maximum Gasteiger partial charge on any atom is 0.341 e. The van der Waals surface area contributed by atoms with Crippen molar-refractivity contribution in [1.82, 2.24) is 0 Å². The molecule has 1 saturated heterocycles. The van der Waals surface area contributed by atoms with Crippen molar-refractivity contribution in [3.8, 4) is 0 Å². The van der Waals surface area contributed by atoms with Crippen molar-refractivity contribution in [2.75, 3.05) is 23.4 Å². The van der Waals surface area contributed by atoms with Crippen molar-refractivity contribution < 1.29 is 14.3 Å². The normalized spacial score (nSPS) is 18.3. The lowest BCUT2D eigenvalue weighted by Crippen LogP contribution is -2.23. The van der Waals surface area contributed by atoms with Gasteiger partial charge in [0, 0.05) is 16.5 Å². The zero-order valence-electron chi connectivity index (χ0n) is 11.0. The molecule has 1 aliphatic rings. The van der Waals surface area contributed by atoms with E-state index in [0.717, 1.165) is 22.8 Å². The molecule has 6 heteroatoms. The molecule has 1 N–H and O–H groups in total. The summed E-state index contributed by atoms with van der Waals surface area (Å²) in [7, 11) is 0. The Morgan fingerprint density at radius 3 is 2.95 bits per heavy atom. The zero-order chi connectivity index (χ0) is 13.8. The number of ether oxygens (including phenoxy) is 1. The predicted molar refractivity (Wildman–Crippen MR) is 79.1 cm³/mol. The highest BCUT2D eigenvalue weighted by Crippen LogP contribution is 2.30. The molecule has 4 nitrogen and oxygen atoms in total. The molecule has 1 atom stereocenters. The van der Waals surface area contributed by atoms with Crippen LogP contribution >= 0.6 is 23.1 Å². The fourth-order valence-corrected chi connectivity index (χ4v) is 4.05. The first-order valence-electron chi connectivity index (χ1n) is 6.28. The highest BCUT2D eigenvalue weighted by molar-refractivity contribution is 7.99. The fourth-order valence-electron chi connectivity index (χ4n) is 1.92. The standard InChI is InChI=1S/C13H17NO3S2/c1-3-17-13(16)10-6-8(2)19-12(10)14-11(15)9-4-5-18-7-9/h6,9H,3-5,7H2,1-2H3,(H,14,15). The SMILES string of the molecule is CCOC(=O)c1cc(C)sc1NC(=O)C1CCSC1. The molecule has 2 heterocycles. The molecule has 1 fully saturated rings. The van der Waals surface area contributed by atoms with E-state index in [1.54, 1.807) is 24.8 Å². The number of carbonyl (C=O) groups is 2.